The van der Waals surface area contributed by atoms with Gasteiger partial charge in [0.25, 0.3) is 0 Å². The molecule has 24 heavy (non-hydrogen) atoms. The van der Waals surface area contributed by atoms with E-state index in [1.807, 2.05) is 17.9 Å². The van der Waals surface area contributed by atoms with Crippen LogP contribution in [0.3, 0.4) is 0 Å². The molecule has 0 aliphatic carbocycles. The molecular weight excluding hydrogens is 308 g/mol. The number of aromatic nitrogens is 2. The van der Waals surface area contributed by atoms with E-state index in [2.05, 4.69) is 21.1 Å². The minimum atomic E-state index is -0.420. The van der Waals surface area contributed by atoms with Crippen LogP contribution in [0.15, 0.2) is 12.4 Å². The van der Waals surface area contributed by atoms with Crippen molar-refractivity contribution in [3.63, 3.8) is 0 Å². The molecule has 1 aromatic rings. The van der Waals surface area contributed by atoms with Crippen LogP contribution < -0.4 is 0 Å². The molecule has 2 aliphatic heterocycles. The van der Waals surface area contributed by atoms with Crippen LogP contribution in [0.5, 0.6) is 0 Å². The van der Waals surface area contributed by atoms with Crippen molar-refractivity contribution < 1.29 is 14.6 Å². The molecule has 3 heterocycles. The van der Waals surface area contributed by atoms with Gasteiger partial charge in [0.05, 0.1) is 31.6 Å². The Morgan fingerprint density at radius 1 is 1.33 bits per heavy atom. The van der Waals surface area contributed by atoms with Crippen LogP contribution in [0.2, 0.25) is 0 Å². The van der Waals surface area contributed by atoms with Gasteiger partial charge in [-0.1, -0.05) is 0 Å². The van der Waals surface area contributed by atoms with Gasteiger partial charge >= 0.3 is 0 Å². The van der Waals surface area contributed by atoms with E-state index < -0.39 is 6.10 Å². The molecule has 0 amide bonds. The van der Waals surface area contributed by atoms with Crippen molar-refractivity contribution in [2.24, 2.45) is 7.05 Å². The molecule has 2 saturated heterocycles. The number of nitrogens with zero attached hydrogens (tertiary/aromatic N) is 4. The lowest BCUT2D eigenvalue weighted by molar-refractivity contribution is -0.0287. The molecule has 7 heteroatoms. The van der Waals surface area contributed by atoms with Crippen LogP contribution in [-0.4, -0.2) is 89.4 Å². The normalized spacial score (nSPS) is 24.5. The van der Waals surface area contributed by atoms with Gasteiger partial charge in [0.2, 0.25) is 0 Å². The zero-order chi connectivity index (χ0) is 16.8. The third-order valence-corrected chi connectivity index (χ3v) is 4.74. The largest absolute Gasteiger partial charge is 0.389 e. The number of piperazine rings is 1. The molecule has 0 bridgehead atoms. The number of aliphatic hydroxyl groups excluding tert-OH is 1. The van der Waals surface area contributed by atoms with Crippen molar-refractivity contribution in [1.29, 1.82) is 0 Å². The van der Waals surface area contributed by atoms with Gasteiger partial charge in [0.15, 0.2) is 0 Å². The SMILES string of the molecule is Cn1cc(CN2CCN(C[C@@H](O)COC[C@@H]3CCCO3)CC2)cn1. The summed E-state index contributed by atoms with van der Waals surface area (Å²) in [5.74, 6) is 0. The van der Waals surface area contributed by atoms with Crippen LogP contribution in [0.25, 0.3) is 0 Å². The molecule has 3 rings (SSSR count). The summed E-state index contributed by atoms with van der Waals surface area (Å²) in [6, 6.07) is 0. The van der Waals surface area contributed by atoms with Gasteiger partial charge in [-0.2, -0.15) is 5.10 Å². The van der Waals surface area contributed by atoms with E-state index in [1.54, 1.807) is 0 Å². The van der Waals surface area contributed by atoms with Crippen molar-refractivity contribution in [2.75, 3.05) is 52.5 Å². The van der Waals surface area contributed by atoms with Gasteiger partial charge in [0, 0.05) is 64.7 Å². The predicted molar refractivity (Wildman–Crippen MR) is 90.7 cm³/mol. The van der Waals surface area contributed by atoms with Crippen LogP contribution in [0.1, 0.15) is 18.4 Å². The minimum Gasteiger partial charge on any atom is -0.389 e. The molecule has 7 nitrogen and oxygen atoms in total. The number of aliphatic hydroxyl groups is 1. The Bertz CT molecular complexity index is 482. The van der Waals surface area contributed by atoms with Crippen molar-refractivity contribution in [3.05, 3.63) is 18.0 Å². The second kappa shape index (κ2) is 8.92. The highest BCUT2D eigenvalue weighted by atomic mass is 16.5. The molecule has 0 spiro atoms. The van der Waals surface area contributed by atoms with Crippen molar-refractivity contribution >= 4 is 0 Å². The lowest BCUT2D eigenvalue weighted by atomic mass is 10.2. The summed E-state index contributed by atoms with van der Waals surface area (Å²) < 4.78 is 13.0. The first-order chi connectivity index (χ1) is 11.7. The summed E-state index contributed by atoms with van der Waals surface area (Å²) in [6.07, 6.45) is 6.02. The standard InChI is InChI=1S/C17H30N4O3/c1-19-10-15(9-18-19)11-20-4-6-21(7-5-20)12-16(22)13-23-14-17-3-2-8-24-17/h9-10,16-17,22H,2-8,11-14H2,1H3/t16-,17+/m1/s1. The zero-order valence-corrected chi connectivity index (χ0v) is 14.6. The van der Waals surface area contributed by atoms with Gasteiger partial charge in [-0.05, 0) is 12.8 Å². The Balaban J connectivity index is 1.28. The lowest BCUT2D eigenvalue weighted by Crippen LogP contribution is -2.48. The Morgan fingerprint density at radius 2 is 2.12 bits per heavy atom. The van der Waals surface area contributed by atoms with Gasteiger partial charge < -0.3 is 14.6 Å². The first kappa shape index (κ1) is 17.8. The third-order valence-electron chi connectivity index (χ3n) is 4.74. The number of rotatable bonds is 8. The Hall–Kier alpha value is -0.990. The summed E-state index contributed by atoms with van der Waals surface area (Å²) in [7, 11) is 1.95. The maximum Gasteiger partial charge on any atom is 0.0900 e. The second-order valence-corrected chi connectivity index (χ2v) is 6.93. The highest BCUT2D eigenvalue weighted by Crippen LogP contribution is 2.12. The fraction of sp³-hybridized carbons (Fsp3) is 0.824. The highest BCUT2D eigenvalue weighted by Gasteiger charge is 2.20. The quantitative estimate of drug-likeness (QED) is 0.725. The third kappa shape index (κ3) is 5.53. The van der Waals surface area contributed by atoms with Crippen molar-refractivity contribution in [3.8, 4) is 0 Å². The molecule has 1 aromatic heterocycles. The number of hydrogen-bond donors (Lipinski definition) is 1. The van der Waals surface area contributed by atoms with E-state index in [0.717, 1.165) is 52.2 Å². The van der Waals surface area contributed by atoms with E-state index >= 15 is 0 Å². The van der Waals surface area contributed by atoms with Gasteiger partial charge in [-0.25, -0.2) is 0 Å². The van der Waals surface area contributed by atoms with E-state index in [9.17, 15) is 5.11 Å². The summed E-state index contributed by atoms with van der Waals surface area (Å²) in [5.41, 5.74) is 1.26. The summed E-state index contributed by atoms with van der Waals surface area (Å²) in [6.45, 7) is 7.52. The van der Waals surface area contributed by atoms with Crippen LogP contribution in [-0.2, 0) is 23.1 Å². The second-order valence-electron chi connectivity index (χ2n) is 6.93. The average Bonchev–Trinajstić information content (AvgIpc) is 3.21. The maximum atomic E-state index is 10.1. The fourth-order valence-electron chi connectivity index (χ4n) is 3.40. The number of aryl methyl sites for hydroxylation is 1. The Labute approximate surface area is 144 Å². The molecule has 0 aromatic carbocycles. The highest BCUT2D eigenvalue weighted by molar-refractivity contribution is 5.03. The topological polar surface area (TPSA) is 63.0 Å². The maximum absolute atomic E-state index is 10.1. The summed E-state index contributed by atoms with van der Waals surface area (Å²) >= 11 is 0. The minimum absolute atomic E-state index is 0.230. The van der Waals surface area contributed by atoms with Gasteiger partial charge in [-0.15, -0.1) is 0 Å². The molecule has 0 unspecified atom stereocenters. The molecule has 0 saturated carbocycles. The molecule has 2 atom stereocenters. The van der Waals surface area contributed by atoms with Crippen molar-refractivity contribution in [2.45, 2.75) is 31.6 Å². The number of β-amino-alcohol motifs (C(OH)–C–C–N with tert-alkyl or cyclic N) is 1. The summed E-state index contributed by atoms with van der Waals surface area (Å²) in [5, 5.41) is 14.4. The van der Waals surface area contributed by atoms with E-state index in [4.69, 9.17) is 9.47 Å². The Morgan fingerprint density at radius 3 is 2.79 bits per heavy atom. The first-order valence-electron chi connectivity index (χ1n) is 8.98. The van der Waals surface area contributed by atoms with Crippen LogP contribution in [0.4, 0.5) is 0 Å². The smallest absolute Gasteiger partial charge is 0.0900 e. The van der Waals surface area contributed by atoms with Gasteiger partial charge in [0.1, 0.15) is 0 Å². The Kier molecular flexibility index (Phi) is 6.62. The van der Waals surface area contributed by atoms with E-state index in [1.165, 1.54) is 5.56 Å². The monoisotopic (exact) mass is 338 g/mol. The van der Waals surface area contributed by atoms with E-state index in [0.29, 0.717) is 19.8 Å². The van der Waals surface area contributed by atoms with Crippen LogP contribution in [0, 0.1) is 0 Å². The molecule has 2 fully saturated rings. The first-order valence-corrected chi connectivity index (χ1v) is 8.98. The summed E-state index contributed by atoms with van der Waals surface area (Å²) in [4.78, 5) is 4.76. The van der Waals surface area contributed by atoms with E-state index in [-0.39, 0.29) is 6.10 Å². The zero-order valence-electron chi connectivity index (χ0n) is 14.6. The van der Waals surface area contributed by atoms with Gasteiger partial charge in [-0.3, -0.25) is 14.5 Å². The molecule has 136 valence electrons. The number of ether oxygens (including phenoxy) is 2. The predicted octanol–water partition coefficient (Wildman–Crippen LogP) is 0.0942. The average molecular weight is 338 g/mol. The molecule has 1 N–H and O–H groups in total. The molecule has 2 aliphatic rings. The lowest BCUT2D eigenvalue weighted by Gasteiger charge is -2.35. The van der Waals surface area contributed by atoms with Crippen LogP contribution >= 0.6 is 0 Å². The molecular formula is C17H30N4O3. The molecule has 0 radical (unpaired) electrons. The van der Waals surface area contributed by atoms with Crippen molar-refractivity contribution in [1.82, 2.24) is 19.6 Å². The number of hydrogen-bond acceptors (Lipinski definition) is 6. The fourth-order valence-corrected chi connectivity index (χ4v) is 3.40.